The van der Waals surface area contributed by atoms with E-state index in [0.29, 0.717) is 61.9 Å². The Bertz CT molecular complexity index is 1520. The Labute approximate surface area is 305 Å². The Balaban J connectivity index is 1.27. The molecule has 52 heavy (non-hydrogen) atoms. The van der Waals surface area contributed by atoms with Crippen LogP contribution in [-0.4, -0.2) is 93.2 Å². The zero-order valence-electron chi connectivity index (χ0n) is 31.2. The molecule has 2 saturated carbocycles. The summed E-state index contributed by atoms with van der Waals surface area (Å²) in [5, 5.41) is 6.41. The molecule has 12 nitrogen and oxygen atoms in total. The normalized spacial score (nSPS) is 25.8. The van der Waals surface area contributed by atoms with E-state index in [1.165, 1.54) is 0 Å². The number of nitrogens with zero attached hydrogens (tertiary/aromatic N) is 1. The molecule has 3 amide bonds. The Morgan fingerprint density at radius 3 is 2.35 bits per heavy atom. The van der Waals surface area contributed by atoms with E-state index >= 15 is 0 Å². The highest BCUT2D eigenvalue weighted by Gasteiger charge is 2.47. The van der Waals surface area contributed by atoms with Gasteiger partial charge in [0, 0.05) is 50.8 Å². The van der Waals surface area contributed by atoms with Gasteiger partial charge < -0.3 is 38.9 Å². The lowest BCUT2D eigenvalue weighted by Crippen LogP contribution is -2.50. The van der Waals surface area contributed by atoms with Gasteiger partial charge in [0.05, 0.1) is 18.8 Å². The van der Waals surface area contributed by atoms with Crippen molar-refractivity contribution in [1.29, 1.82) is 0 Å². The highest BCUT2D eigenvalue weighted by Crippen LogP contribution is 2.42. The van der Waals surface area contributed by atoms with Crippen LogP contribution in [0, 0.1) is 23.7 Å². The van der Waals surface area contributed by atoms with Crippen molar-refractivity contribution in [3.05, 3.63) is 30.0 Å². The van der Waals surface area contributed by atoms with Crippen molar-refractivity contribution in [2.24, 2.45) is 23.7 Å². The van der Waals surface area contributed by atoms with Crippen LogP contribution in [0.3, 0.4) is 0 Å². The molecule has 1 aliphatic heterocycles. The van der Waals surface area contributed by atoms with Crippen molar-refractivity contribution in [2.75, 3.05) is 46.0 Å². The van der Waals surface area contributed by atoms with Crippen LogP contribution in [0.4, 0.5) is 14.9 Å². The van der Waals surface area contributed by atoms with Crippen LogP contribution < -0.4 is 10.6 Å². The lowest BCUT2D eigenvalue weighted by molar-refractivity contribution is -0.142. The molecule has 288 valence electrons. The van der Waals surface area contributed by atoms with Crippen LogP contribution in [0.1, 0.15) is 95.5 Å². The number of furan rings is 1. The number of anilines is 1. The second kappa shape index (κ2) is 17.9. The summed E-state index contributed by atoms with van der Waals surface area (Å²) in [5.41, 5.74) is 0.332. The van der Waals surface area contributed by atoms with Gasteiger partial charge in [-0.2, -0.15) is 0 Å². The van der Waals surface area contributed by atoms with Crippen LogP contribution in [0.15, 0.2) is 28.7 Å². The third-order valence-corrected chi connectivity index (χ3v) is 10.9. The van der Waals surface area contributed by atoms with E-state index < -0.39 is 36.4 Å². The molecule has 2 N–H and O–H groups in total. The van der Waals surface area contributed by atoms with Gasteiger partial charge in [0.25, 0.3) is 0 Å². The van der Waals surface area contributed by atoms with Crippen LogP contribution in [0.5, 0.6) is 0 Å². The summed E-state index contributed by atoms with van der Waals surface area (Å²) in [7, 11) is 3.32. The number of ether oxygens (including phenoxy) is 4. The number of nitrogens with one attached hydrogen (secondary N) is 2. The number of hydrogen-bond acceptors (Lipinski definition) is 9. The van der Waals surface area contributed by atoms with Crippen molar-refractivity contribution in [3.63, 3.8) is 0 Å². The zero-order valence-corrected chi connectivity index (χ0v) is 31.2. The van der Waals surface area contributed by atoms with Crippen molar-refractivity contribution in [3.8, 4) is 0 Å². The summed E-state index contributed by atoms with van der Waals surface area (Å²) >= 11 is 0. The van der Waals surface area contributed by atoms with Gasteiger partial charge in [-0.1, -0.05) is 0 Å². The minimum atomic E-state index is -0.714. The summed E-state index contributed by atoms with van der Waals surface area (Å²) in [4.78, 5) is 55.1. The molecular weight excluding hydrogens is 673 g/mol. The predicted octanol–water partition coefficient (Wildman–Crippen LogP) is 6.66. The largest absolute Gasteiger partial charge is 0.460 e. The molecule has 5 rings (SSSR count). The highest BCUT2D eigenvalue weighted by atomic mass is 19.1. The van der Waals surface area contributed by atoms with Crippen molar-refractivity contribution >= 4 is 40.5 Å². The number of carbonyl (C=O) groups is 4. The van der Waals surface area contributed by atoms with Gasteiger partial charge >= 0.3 is 12.1 Å². The number of amides is 3. The van der Waals surface area contributed by atoms with Gasteiger partial charge in [-0.3, -0.25) is 9.59 Å². The smallest absolute Gasteiger partial charge is 0.407 e. The molecule has 2 aliphatic carbocycles. The summed E-state index contributed by atoms with van der Waals surface area (Å²) in [6, 6.07) is 5.46. The third kappa shape index (κ3) is 10.0. The number of carbonyl (C=O) groups excluding carboxylic acids is 4. The molecule has 13 heteroatoms. The topological polar surface area (TPSA) is 146 Å². The Hall–Kier alpha value is -3.71. The SMILES string of the molecule is COCCCOC(=O)c1cc2cc(NC(=O)[C@@H]3[C@@H](C4CCC(OC)CC4)CCN3C(=O)C3CCC([C@@H](CF)NC(=O)OC(C)(C)C)CC3)ccc2o1. The fourth-order valence-corrected chi connectivity index (χ4v) is 8.27. The average Bonchev–Trinajstić information content (AvgIpc) is 3.77. The molecule has 3 aliphatic rings. The van der Waals surface area contributed by atoms with E-state index in [9.17, 15) is 23.6 Å². The molecule has 1 aromatic carbocycles. The fraction of sp³-hybridized carbons (Fsp3) is 0.692. The maximum Gasteiger partial charge on any atom is 0.407 e. The minimum Gasteiger partial charge on any atom is -0.460 e. The number of esters is 1. The van der Waals surface area contributed by atoms with E-state index in [4.69, 9.17) is 23.4 Å². The zero-order chi connectivity index (χ0) is 37.4. The maximum absolute atomic E-state index is 14.3. The first-order valence-corrected chi connectivity index (χ1v) is 18.8. The van der Waals surface area contributed by atoms with E-state index in [2.05, 4.69) is 10.6 Å². The Morgan fingerprint density at radius 1 is 0.962 bits per heavy atom. The lowest BCUT2D eigenvalue weighted by Gasteiger charge is -2.38. The summed E-state index contributed by atoms with van der Waals surface area (Å²) in [6.45, 7) is 5.75. The van der Waals surface area contributed by atoms with Gasteiger partial charge in [-0.05, 0) is 121 Å². The van der Waals surface area contributed by atoms with E-state index in [1.54, 1.807) is 64.2 Å². The van der Waals surface area contributed by atoms with Crippen LogP contribution in [0.2, 0.25) is 0 Å². The van der Waals surface area contributed by atoms with Gasteiger partial charge in [0.2, 0.25) is 17.6 Å². The molecule has 0 radical (unpaired) electrons. The van der Waals surface area contributed by atoms with E-state index in [1.807, 2.05) is 0 Å². The molecule has 0 spiro atoms. The van der Waals surface area contributed by atoms with Crippen LogP contribution in [0.25, 0.3) is 11.0 Å². The molecule has 2 heterocycles. The van der Waals surface area contributed by atoms with E-state index in [0.717, 1.165) is 32.1 Å². The molecular formula is C39H56FN3O9. The maximum atomic E-state index is 14.3. The molecule has 2 aromatic rings. The highest BCUT2D eigenvalue weighted by molar-refractivity contribution is 6.00. The van der Waals surface area contributed by atoms with Crippen molar-refractivity contribution in [2.45, 2.75) is 109 Å². The molecule has 0 unspecified atom stereocenters. The number of alkyl halides is 1. The van der Waals surface area contributed by atoms with Crippen molar-refractivity contribution < 1.29 is 46.9 Å². The predicted molar refractivity (Wildman–Crippen MR) is 193 cm³/mol. The first-order valence-electron chi connectivity index (χ1n) is 18.8. The van der Waals surface area contributed by atoms with Gasteiger partial charge in [-0.15, -0.1) is 0 Å². The number of fused-ring (bicyclic) bond motifs is 1. The molecule has 3 fully saturated rings. The summed E-state index contributed by atoms with van der Waals surface area (Å²) in [6.07, 6.45) is 6.87. The number of methoxy groups -OCH3 is 2. The third-order valence-electron chi connectivity index (χ3n) is 10.9. The quantitative estimate of drug-likeness (QED) is 0.171. The van der Waals surface area contributed by atoms with Crippen molar-refractivity contribution in [1.82, 2.24) is 10.2 Å². The molecule has 1 aromatic heterocycles. The number of hydrogen-bond donors (Lipinski definition) is 2. The number of alkyl carbamates (subject to hydrolysis) is 1. The summed E-state index contributed by atoms with van der Waals surface area (Å²) in [5.74, 6) is -0.885. The van der Waals surface area contributed by atoms with Gasteiger partial charge in [0.15, 0.2) is 0 Å². The van der Waals surface area contributed by atoms with E-state index in [-0.39, 0.29) is 54.0 Å². The van der Waals surface area contributed by atoms with Gasteiger partial charge in [0.1, 0.15) is 23.9 Å². The monoisotopic (exact) mass is 729 g/mol. The molecule has 1 saturated heterocycles. The minimum absolute atomic E-state index is 0.00387. The Kier molecular flexibility index (Phi) is 13.6. The molecule has 3 atom stereocenters. The van der Waals surface area contributed by atoms with Crippen LogP contribution in [-0.2, 0) is 28.5 Å². The molecule has 0 bridgehead atoms. The average molecular weight is 730 g/mol. The van der Waals surface area contributed by atoms with Crippen LogP contribution >= 0.6 is 0 Å². The number of rotatable bonds is 13. The summed E-state index contributed by atoms with van der Waals surface area (Å²) < 4.78 is 41.0. The number of halogens is 1. The number of likely N-dealkylation sites (tertiary alicyclic amines) is 1. The Morgan fingerprint density at radius 2 is 1.69 bits per heavy atom. The second-order valence-corrected chi connectivity index (χ2v) is 15.6. The first kappa shape index (κ1) is 39.5. The first-order chi connectivity index (χ1) is 24.9. The van der Waals surface area contributed by atoms with Gasteiger partial charge in [-0.25, -0.2) is 14.0 Å². The standard InChI is InChI=1S/C39H56FN3O9/c1-39(2,3)52-38(47)42-31(23-40)25-7-9-26(10-8-25)36(45)43-18-17-30(24-11-14-29(49-5)15-12-24)34(43)35(44)41-28-13-16-32-27(21-28)22-33(51-32)37(46)50-20-6-19-48-4/h13,16,21-22,24-26,29-31,34H,6-12,14-15,17-20,23H2,1-5H3,(H,41,44)(H,42,47)/t24?,25?,26?,29?,30-,31-,34+/m1/s1. The second-order valence-electron chi connectivity index (χ2n) is 15.6. The fourth-order valence-electron chi connectivity index (χ4n) is 8.27. The number of benzene rings is 1. The lowest BCUT2D eigenvalue weighted by atomic mass is 9.75.